The molecule has 6 nitrogen and oxygen atoms in total. The van der Waals surface area contributed by atoms with Gasteiger partial charge in [-0.05, 0) is 22.9 Å². The van der Waals surface area contributed by atoms with Crippen LogP contribution in [0.1, 0.15) is 9.75 Å². The number of hydrogen-bond acceptors (Lipinski definition) is 8. The van der Waals surface area contributed by atoms with E-state index in [0.29, 0.717) is 39.6 Å². The van der Waals surface area contributed by atoms with Gasteiger partial charge in [-0.15, -0.1) is 22.7 Å². The predicted molar refractivity (Wildman–Crippen MR) is 112 cm³/mol. The van der Waals surface area contributed by atoms with Gasteiger partial charge >= 0.3 is 0 Å². The number of hydrogen-bond donors (Lipinski definition) is 0. The summed E-state index contributed by atoms with van der Waals surface area (Å²) in [5, 5.41) is 4.23. The number of fused-ring (bicyclic) bond motifs is 11. The van der Waals surface area contributed by atoms with Crippen LogP contribution in [0.15, 0.2) is 22.9 Å². The molecule has 0 saturated carbocycles. The van der Waals surface area contributed by atoms with Gasteiger partial charge in [0.15, 0.2) is 0 Å². The fourth-order valence-electron chi connectivity index (χ4n) is 3.40. The highest BCUT2D eigenvalue weighted by Crippen LogP contribution is 2.29. The van der Waals surface area contributed by atoms with Gasteiger partial charge in [0.2, 0.25) is 0 Å². The highest BCUT2D eigenvalue weighted by Gasteiger charge is 2.20. The molecular formula is C20H28N2O4S2. The van der Waals surface area contributed by atoms with Crippen molar-refractivity contribution >= 4 is 22.7 Å². The summed E-state index contributed by atoms with van der Waals surface area (Å²) in [5.41, 5.74) is 0. The maximum Gasteiger partial charge on any atom is 0.134 e. The molecule has 8 heteroatoms. The minimum Gasteiger partial charge on any atom is -0.490 e. The molecule has 0 aliphatic carbocycles. The Morgan fingerprint density at radius 2 is 1.04 bits per heavy atom. The van der Waals surface area contributed by atoms with E-state index in [2.05, 4.69) is 32.7 Å². The predicted octanol–water partition coefficient (Wildman–Crippen LogP) is 2.93. The molecular weight excluding hydrogens is 396 g/mol. The Balaban J connectivity index is 1.38. The Morgan fingerprint density at radius 1 is 0.607 bits per heavy atom. The van der Waals surface area contributed by atoms with Gasteiger partial charge in [-0.3, -0.25) is 9.80 Å². The molecule has 0 radical (unpaired) electrons. The van der Waals surface area contributed by atoms with Gasteiger partial charge < -0.3 is 18.9 Å². The smallest absolute Gasteiger partial charge is 0.134 e. The molecule has 154 valence electrons. The van der Waals surface area contributed by atoms with Gasteiger partial charge in [-0.1, -0.05) is 0 Å². The second kappa shape index (κ2) is 10.6. The van der Waals surface area contributed by atoms with E-state index in [1.165, 1.54) is 9.75 Å². The maximum atomic E-state index is 5.93. The first-order valence-corrected chi connectivity index (χ1v) is 11.6. The van der Waals surface area contributed by atoms with E-state index in [1.54, 1.807) is 22.7 Å². The normalized spacial score (nSPS) is 25.1. The van der Waals surface area contributed by atoms with Crippen molar-refractivity contribution in [3.63, 3.8) is 0 Å². The van der Waals surface area contributed by atoms with Gasteiger partial charge in [0.1, 0.15) is 24.7 Å². The lowest BCUT2D eigenvalue weighted by atomic mass is 10.2. The van der Waals surface area contributed by atoms with Crippen LogP contribution in [0.2, 0.25) is 0 Å². The summed E-state index contributed by atoms with van der Waals surface area (Å²) in [7, 11) is 0. The van der Waals surface area contributed by atoms with Crippen LogP contribution in [0.4, 0.5) is 0 Å². The van der Waals surface area contributed by atoms with E-state index in [0.717, 1.165) is 50.8 Å². The molecule has 5 heterocycles. The monoisotopic (exact) mass is 424 g/mol. The van der Waals surface area contributed by atoms with Crippen LogP contribution in [0.3, 0.4) is 0 Å². The molecule has 0 unspecified atom stereocenters. The zero-order valence-corrected chi connectivity index (χ0v) is 17.8. The Labute approximate surface area is 174 Å². The standard InChI is InChI=1S/C20H28N2O4S2/c1-13-27-19-15-21-3-5-22(6-4-21)16-20-18(2-14-28-20)26-12-10-24-8-7-23-9-11-25-17(1)19/h1-2,13-14H,3-12,15-16H2. The van der Waals surface area contributed by atoms with E-state index < -0.39 is 0 Å². The second-order valence-corrected chi connectivity index (χ2v) is 8.89. The number of piperazine rings is 1. The van der Waals surface area contributed by atoms with Crippen molar-refractivity contribution in [1.82, 2.24) is 9.80 Å². The Kier molecular flexibility index (Phi) is 7.60. The SMILES string of the molecule is c1cc2c(s1)CN1CCN(CC1)Cc1sccc1OCCOCCOCCO2. The van der Waals surface area contributed by atoms with Gasteiger partial charge in [-0.2, -0.15) is 0 Å². The molecule has 1 fully saturated rings. The minimum atomic E-state index is 0.571. The molecule has 2 aromatic heterocycles. The lowest BCUT2D eigenvalue weighted by Gasteiger charge is -2.34. The number of nitrogens with zero attached hydrogens (tertiary/aromatic N) is 2. The summed E-state index contributed by atoms with van der Waals surface area (Å²) in [4.78, 5) is 7.65. The van der Waals surface area contributed by atoms with E-state index >= 15 is 0 Å². The first kappa shape index (κ1) is 20.1. The van der Waals surface area contributed by atoms with Crippen molar-refractivity contribution in [3.05, 3.63) is 32.6 Å². The van der Waals surface area contributed by atoms with Crippen LogP contribution in [0, 0.1) is 0 Å². The number of rotatable bonds is 0. The molecule has 0 N–H and O–H groups in total. The van der Waals surface area contributed by atoms with Crippen molar-refractivity contribution in [3.8, 4) is 11.5 Å². The Bertz CT molecular complexity index is 652. The van der Waals surface area contributed by atoms with E-state index in [4.69, 9.17) is 18.9 Å². The summed E-state index contributed by atoms with van der Waals surface area (Å²) in [5.74, 6) is 2.00. The molecule has 3 aliphatic heterocycles. The van der Waals surface area contributed by atoms with Crippen molar-refractivity contribution in [2.45, 2.75) is 13.1 Å². The zero-order valence-electron chi connectivity index (χ0n) is 16.1. The van der Waals surface area contributed by atoms with Gasteiger partial charge in [0, 0.05) is 39.3 Å². The summed E-state index contributed by atoms with van der Waals surface area (Å²) in [6.45, 7) is 9.68. The fourth-order valence-corrected chi connectivity index (χ4v) is 5.11. The van der Waals surface area contributed by atoms with Crippen LogP contribution in [-0.4, -0.2) is 75.6 Å². The third kappa shape index (κ3) is 5.68. The van der Waals surface area contributed by atoms with Gasteiger partial charge in [0.25, 0.3) is 0 Å². The molecule has 2 aromatic rings. The molecule has 28 heavy (non-hydrogen) atoms. The average Bonchev–Trinajstić information content (AvgIpc) is 3.33. The first-order chi connectivity index (χ1) is 13.9. The van der Waals surface area contributed by atoms with Crippen LogP contribution < -0.4 is 9.47 Å². The molecule has 3 aliphatic rings. The first-order valence-electron chi connectivity index (χ1n) is 9.87. The molecule has 0 spiro atoms. The third-order valence-corrected chi connectivity index (χ3v) is 6.72. The van der Waals surface area contributed by atoms with Crippen molar-refractivity contribution < 1.29 is 18.9 Å². The molecule has 0 amide bonds. The highest BCUT2D eigenvalue weighted by molar-refractivity contribution is 7.10. The van der Waals surface area contributed by atoms with Crippen molar-refractivity contribution in [2.75, 3.05) is 65.8 Å². The Hall–Kier alpha value is -1.16. The van der Waals surface area contributed by atoms with E-state index in [9.17, 15) is 0 Å². The van der Waals surface area contributed by atoms with E-state index in [-0.39, 0.29) is 0 Å². The van der Waals surface area contributed by atoms with Crippen molar-refractivity contribution in [2.24, 2.45) is 0 Å². The summed E-state index contributed by atoms with van der Waals surface area (Å²) in [6.07, 6.45) is 0. The van der Waals surface area contributed by atoms with Gasteiger partial charge in [-0.25, -0.2) is 0 Å². The summed E-state index contributed by atoms with van der Waals surface area (Å²) in [6, 6.07) is 4.15. The molecule has 5 rings (SSSR count). The van der Waals surface area contributed by atoms with Crippen LogP contribution >= 0.6 is 22.7 Å². The zero-order chi connectivity index (χ0) is 19.0. The molecule has 2 bridgehead atoms. The average molecular weight is 425 g/mol. The molecule has 0 atom stereocenters. The van der Waals surface area contributed by atoms with Crippen LogP contribution in [-0.2, 0) is 22.6 Å². The van der Waals surface area contributed by atoms with Gasteiger partial charge in [0.05, 0.1) is 36.2 Å². The van der Waals surface area contributed by atoms with Crippen molar-refractivity contribution in [1.29, 1.82) is 0 Å². The molecule has 1 saturated heterocycles. The number of thiophene rings is 2. The lowest BCUT2D eigenvalue weighted by Crippen LogP contribution is -2.45. The highest BCUT2D eigenvalue weighted by atomic mass is 32.1. The lowest BCUT2D eigenvalue weighted by molar-refractivity contribution is 0.0269. The van der Waals surface area contributed by atoms with Crippen LogP contribution in [0.25, 0.3) is 0 Å². The Morgan fingerprint density at radius 3 is 1.50 bits per heavy atom. The quantitative estimate of drug-likeness (QED) is 0.606. The summed E-state index contributed by atoms with van der Waals surface area (Å²) >= 11 is 3.55. The molecule has 0 aromatic carbocycles. The third-order valence-electron chi connectivity index (χ3n) is 4.95. The largest absolute Gasteiger partial charge is 0.490 e. The summed E-state index contributed by atoms with van der Waals surface area (Å²) < 4.78 is 23.1. The van der Waals surface area contributed by atoms with Crippen LogP contribution in [0.5, 0.6) is 11.5 Å². The second-order valence-electron chi connectivity index (χ2n) is 6.89. The number of ether oxygens (including phenoxy) is 4. The maximum absolute atomic E-state index is 5.93. The van der Waals surface area contributed by atoms with E-state index in [1.807, 2.05) is 0 Å². The topological polar surface area (TPSA) is 43.4 Å². The fraction of sp³-hybridized carbons (Fsp3) is 0.600. The minimum absolute atomic E-state index is 0.571.